The van der Waals surface area contributed by atoms with Crippen molar-refractivity contribution in [2.75, 3.05) is 26.2 Å². The van der Waals surface area contributed by atoms with Crippen LogP contribution in [0.15, 0.2) is 0 Å². The highest BCUT2D eigenvalue weighted by molar-refractivity contribution is 5.78. The molecule has 0 aromatic carbocycles. The van der Waals surface area contributed by atoms with Gasteiger partial charge in [0.1, 0.15) is 0 Å². The highest BCUT2D eigenvalue weighted by Crippen LogP contribution is 2.31. The summed E-state index contributed by atoms with van der Waals surface area (Å²) in [5.41, 5.74) is 0. The molecule has 3 fully saturated rings. The van der Waals surface area contributed by atoms with E-state index < -0.39 is 0 Å². The van der Waals surface area contributed by atoms with Gasteiger partial charge in [-0.3, -0.25) is 4.79 Å². The summed E-state index contributed by atoms with van der Waals surface area (Å²) in [4.78, 5) is 14.2. The molecule has 3 rings (SSSR count). The minimum absolute atomic E-state index is 0.168. The van der Waals surface area contributed by atoms with Crippen molar-refractivity contribution in [2.45, 2.75) is 44.2 Å². The van der Waals surface area contributed by atoms with Gasteiger partial charge in [0.15, 0.2) is 0 Å². The van der Waals surface area contributed by atoms with Gasteiger partial charge in [-0.2, -0.15) is 0 Å². The molecule has 1 amide bonds. The molecule has 0 radical (unpaired) electrons. The van der Waals surface area contributed by atoms with Gasteiger partial charge in [0, 0.05) is 25.2 Å². The van der Waals surface area contributed by atoms with E-state index in [1.807, 2.05) is 0 Å². The van der Waals surface area contributed by atoms with Gasteiger partial charge in [0.05, 0.1) is 6.54 Å². The molecule has 4 nitrogen and oxygen atoms in total. The molecular formula is C13H23N3O. The third-order valence-corrected chi connectivity index (χ3v) is 4.10. The fourth-order valence-electron chi connectivity index (χ4n) is 2.65. The second-order valence-electron chi connectivity index (χ2n) is 5.84. The molecule has 1 saturated heterocycles. The predicted molar refractivity (Wildman–Crippen MR) is 66.7 cm³/mol. The zero-order valence-electron chi connectivity index (χ0n) is 10.5. The van der Waals surface area contributed by atoms with Crippen LogP contribution in [0, 0.1) is 5.92 Å². The number of rotatable bonds is 6. The number of carbonyl (C=O) groups is 1. The molecular weight excluding hydrogens is 214 g/mol. The number of hydrogen-bond acceptors (Lipinski definition) is 3. The van der Waals surface area contributed by atoms with E-state index in [1.165, 1.54) is 45.2 Å². The van der Waals surface area contributed by atoms with Crippen molar-refractivity contribution in [1.82, 2.24) is 15.5 Å². The van der Waals surface area contributed by atoms with Crippen molar-refractivity contribution in [3.63, 3.8) is 0 Å². The Bertz CT molecular complexity index is 286. The predicted octanol–water partition coefficient (Wildman–Crippen LogP) is 0.339. The summed E-state index contributed by atoms with van der Waals surface area (Å²) in [5.74, 6) is 0.849. The molecule has 96 valence electrons. The number of amides is 1. The number of nitrogens with one attached hydrogen (secondary N) is 2. The molecule has 1 unspecified atom stereocenters. The number of nitrogens with zero attached hydrogens (tertiary/aromatic N) is 1. The summed E-state index contributed by atoms with van der Waals surface area (Å²) in [7, 11) is 0. The standard InChI is InChI=1S/C13H23N3O/c17-13(8-14-11-1-2-11)15-7-10-5-6-16(9-10)12-3-4-12/h10-12,14H,1-9H2,(H,15,17). The van der Waals surface area contributed by atoms with E-state index in [-0.39, 0.29) is 5.91 Å². The molecule has 2 aliphatic carbocycles. The summed E-state index contributed by atoms with van der Waals surface area (Å²) in [6, 6.07) is 1.50. The van der Waals surface area contributed by atoms with E-state index in [1.54, 1.807) is 0 Å². The highest BCUT2D eigenvalue weighted by atomic mass is 16.1. The minimum atomic E-state index is 0.168. The zero-order valence-corrected chi connectivity index (χ0v) is 10.5. The smallest absolute Gasteiger partial charge is 0.233 e. The van der Waals surface area contributed by atoms with Crippen molar-refractivity contribution in [1.29, 1.82) is 0 Å². The van der Waals surface area contributed by atoms with Gasteiger partial charge in [-0.25, -0.2) is 0 Å². The Kier molecular flexibility index (Phi) is 3.34. The van der Waals surface area contributed by atoms with Crippen LogP contribution >= 0.6 is 0 Å². The first-order chi connectivity index (χ1) is 8.31. The Morgan fingerprint density at radius 2 is 2.00 bits per heavy atom. The summed E-state index contributed by atoms with van der Waals surface area (Å²) in [6.07, 6.45) is 6.53. The molecule has 17 heavy (non-hydrogen) atoms. The molecule has 2 saturated carbocycles. The van der Waals surface area contributed by atoms with Gasteiger partial charge < -0.3 is 15.5 Å². The third kappa shape index (κ3) is 3.42. The van der Waals surface area contributed by atoms with Gasteiger partial charge in [0.25, 0.3) is 0 Å². The molecule has 1 atom stereocenters. The lowest BCUT2D eigenvalue weighted by atomic mass is 10.1. The van der Waals surface area contributed by atoms with Crippen molar-refractivity contribution in [3.05, 3.63) is 0 Å². The Morgan fingerprint density at radius 1 is 1.18 bits per heavy atom. The van der Waals surface area contributed by atoms with Crippen molar-refractivity contribution >= 4 is 5.91 Å². The summed E-state index contributed by atoms with van der Waals surface area (Å²) in [5, 5.41) is 6.31. The first-order valence-corrected chi connectivity index (χ1v) is 7.05. The van der Waals surface area contributed by atoms with E-state index in [0.717, 1.165) is 12.6 Å². The minimum Gasteiger partial charge on any atom is -0.355 e. The number of hydrogen-bond donors (Lipinski definition) is 2. The van der Waals surface area contributed by atoms with Crippen LogP contribution in [0.1, 0.15) is 32.1 Å². The van der Waals surface area contributed by atoms with Crippen LogP contribution in [0.4, 0.5) is 0 Å². The van der Waals surface area contributed by atoms with Crippen LogP contribution < -0.4 is 10.6 Å². The highest BCUT2D eigenvalue weighted by Gasteiger charge is 2.34. The van der Waals surface area contributed by atoms with Gasteiger partial charge in [-0.05, 0) is 44.6 Å². The average Bonchev–Trinajstić information content (AvgIpc) is 3.24. The summed E-state index contributed by atoms with van der Waals surface area (Å²) >= 11 is 0. The van der Waals surface area contributed by atoms with E-state index in [0.29, 0.717) is 18.5 Å². The Labute approximate surface area is 103 Å². The van der Waals surface area contributed by atoms with Crippen molar-refractivity contribution in [3.8, 4) is 0 Å². The second kappa shape index (κ2) is 4.94. The SMILES string of the molecule is O=C(CNC1CC1)NCC1CCN(C2CC2)C1. The lowest BCUT2D eigenvalue weighted by molar-refractivity contribution is -0.120. The Hall–Kier alpha value is -0.610. The van der Waals surface area contributed by atoms with Crippen LogP contribution in [-0.4, -0.2) is 49.1 Å². The second-order valence-corrected chi connectivity index (χ2v) is 5.84. The molecule has 2 N–H and O–H groups in total. The van der Waals surface area contributed by atoms with Gasteiger partial charge >= 0.3 is 0 Å². The molecule has 0 aromatic rings. The Morgan fingerprint density at radius 3 is 2.71 bits per heavy atom. The van der Waals surface area contributed by atoms with Gasteiger partial charge in [0.2, 0.25) is 5.91 Å². The van der Waals surface area contributed by atoms with Crippen LogP contribution in [0.5, 0.6) is 0 Å². The summed E-state index contributed by atoms with van der Waals surface area (Å²) < 4.78 is 0. The van der Waals surface area contributed by atoms with Crippen molar-refractivity contribution < 1.29 is 4.79 Å². The normalized spacial score (nSPS) is 29.5. The summed E-state index contributed by atoms with van der Waals surface area (Å²) in [6.45, 7) is 3.81. The molecule has 3 aliphatic rings. The molecule has 0 spiro atoms. The first kappa shape index (κ1) is 11.5. The number of likely N-dealkylation sites (tertiary alicyclic amines) is 1. The van der Waals surface area contributed by atoms with Crippen molar-refractivity contribution in [2.24, 2.45) is 5.92 Å². The molecule has 4 heteroatoms. The van der Waals surface area contributed by atoms with E-state index in [4.69, 9.17) is 0 Å². The fraction of sp³-hybridized carbons (Fsp3) is 0.923. The van der Waals surface area contributed by atoms with Crippen LogP contribution in [0.2, 0.25) is 0 Å². The average molecular weight is 237 g/mol. The lowest BCUT2D eigenvalue weighted by Gasteiger charge is -2.15. The van der Waals surface area contributed by atoms with E-state index >= 15 is 0 Å². The van der Waals surface area contributed by atoms with Crippen LogP contribution in [0.25, 0.3) is 0 Å². The Balaban J connectivity index is 1.29. The molecule has 1 heterocycles. The quantitative estimate of drug-likeness (QED) is 0.700. The molecule has 0 aromatic heterocycles. The van der Waals surface area contributed by atoms with Gasteiger partial charge in [-0.1, -0.05) is 0 Å². The first-order valence-electron chi connectivity index (χ1n) is 7.05. The maximum atomic E-state index is 11.6. The lowest BCUT2D eigenvalue weighted by Crippen LogP contribution is -2.38. The topological polar surface area (TPSA) is 44.4 Å². The fourth-order valence-corrected chi connectivity index (χ4v) is 2.65. The third-order valence-electron chi connectivity index (χ3n) is 4.10. The maximum Gasteiger partial charge on any atom is 0.233 e. The monoisotopic (exact) mass is 237 g/mol. The van der Waals surface area contributed by atoms with Crippen LogP contribution in [0.3, 0.4) is 0 Å². The number of carbonyl (C=O) groups excluding carboxylic acids is 1. The molecule has 0 bridgehead atoms. The largest absolute Gasteiger partial charge is 0.355 e. The van der Waals surface area contributed by atoms with Gasteiger partial charge in [-0.15, -0.1) is 0 Å². The molecule has 1 aliphatic heterocycles. The van der Waals surface area contributed by atoms with E-state index in [9.17, 15) is 4.79 Å². The van der Waals surface area contributed by atoms with E-state index in [2.05, 4.69) is 15.5 Å². The van der Waals surface area contributed by atoms with Crippen LogP contribution in [-0.2, 0) is 4.79 Å². The zero-order chi connectivity index (χ0) is 11.7. The maximum absolute atomic E-state index is 11.6.